The molecule has 1 saturated heterocycles. The molecular weight excluding hydrogens is 1190 g/mol. The zero-order chi connectivity index (χ0) is 65.3. The number of anilines is 1. The van der Waals surface area contributed by atoms with E-state index in [9.17, 15) is 38.7 Å². The van der Waals surface area contributed by atoms with Crippen LogP contribution in [0.15, 0.2) is 187 Å². The number of nitrogens with one attached hydrogen (secondary N) is 3. The largest absolute Gasteiger partial charge is 0.497 e. The Morgan fingerprint density at radius 2 is 1.40 bits per heavy atom. The Labute approximate surface area is 539 Å². The van der Waals surface area contributed by atoms with E-state index in [0.717, 1.165) is 68.7 Å². The minimum absolute atomic E-state index is 0.00919. The summed E-state index contributed by atoms with van der Waals surface area (Å²) in [5.41, 5.74) is 6.19. The number of fused-ring (bicyclic) bond motifs is 5. The topological polar surface area (TPSA) is 242 Å². The highest BCUT2D eigenvalue weighted by Crippen LogP contribution is 2.49. The summed E-state index contributed by atoms with van der Waals surface area (Å²) < 4.78 is 26.8. The molecule has 0 spiro atoms. The van der Waals surface area contributed by atoms with Crippen LogP contribution in [0.5, 0.6) is 23.0 Å². The Kier molecular flexibility index (Phi) is 22.5. The second kappa shape index (κ2) is 31.1. The number of thioether (sulfide) groups is 1. The molecule has 476 valence electrons. The second-order valence-corrected chi connectivity index (χ2v) is 24.2. The van der Waals surface area contributed by atoms with Crippen molar-refractivity contribution >= 4 is 69.5 Å². The van der Waals surface area contributed by atoms with Gasteiger partial charge < -0.3 is 44.5 Å². The van der Waals surface area contributed by atoms with Gasteiger partial charge in [-0.2, -0.15) is 11.8 Å². The number of aromatic nitrogens is 1. The molecule has 3 heterocycles. The summed E-state index contributed by atoms with van der Waals surface area (Å²) in [7, 11) is 3.14. The second-order valence-electron chi connectivity index (χ2n) is 23.2. The van der Waals surface area contributed by atoms with Crippen LogP contribution >= 0.6 is 11.8 Å². The van der Waals surface area contributed by atoms with E-state index in [1.165, 1.54) is 23.4 Å². The summed E-state index contributed by atoms with van der Waals surface area (Å²) in [6.07, 6.45) is 8.37. The summed E-state index contributed by atoms with van der Waals surface area (Å²) in [6.45, 7) is 6.79. The highest BCUT2D eigenvalue weighted by molar-refractivity contribution is 7.98. The molecule has 2 aliphatic carbocycles. The van der Waals surface area contributed by atoms with Gasteiger partial charge in [-0.25, -0.2) is 4.79 Å². The Bertz CT molecular complexity index is 3930. The Morgan fingerprint density at radius 3 is 2.09 bits per heavy atom. The number of amides is 5. The first kappa shape index (κ1) is 66.4. The normalized spacial score (nSPS) is 17.9. The molecule has 4 N–H and O–H groups in total. The predicted octanol–water partition coefficient (Wildman–Crippen LogP) is 12.3. The van der Waals surface area contributed by atoms with Gasteiger partial charge in [0.2, 0.25) is 0 Å². The Hall–Kier alpha value is -10.0. The third-order valence-electron chi connectivity index (χ3n) is 16.2. The molecule has 8 aromatic rings. The molecule has 18 nitrogen and oxygen atoms in total. The molecule has 4 aliphatic rings. The number of urea groups is 1. The molecule has 5 unspecified atom stereocenters. The lowest BCUT2D eigenvalue weighted by molar-refractivity contribution is -0.147. The molecule has 7 aromatic carbocycles. The SMILES string of the molecule is CC1(C)Cc2c(ccc3ccccc23)C(=O)N1.CCOc1ccc(CC(=O)CN2C(=O)NC(CCSC)C2=O)cc1.COc1cc(CC(=O)C2C3C=CC(C3)C2C(=O)O)ccc1NC(=O)c1ccccc1.COc1ccc(-c2cc(COc3ccccc3)on2)cc1. The molecule has 1 saturated carbocycles. The van der Waals surface area contributed by atoms with Gasteiger partial charge in [0.15, 0.2) is 11.5 Å². The minimum atomic E-state index is -0.901. The number of carboxylic acid groups (broad SMARTS) is 1. The lowest BCUT2D eigenvalue weighted by atomic mass is 9.79. The van der Waals surface area contributed by atoms with Crippen LogP contribution < -0.4 is 34.9 Å². The van der Waals surface area contributed by atoms with Gasteiger partial charge in [-0.05, 0) is 170 Å². The number of ketones is 2. The first-order valence-electron chi connectivity index (χ1n) is 30.4. The molecule has 0 radical (unpaired) electrons. The average molecular weight is 1260 g/mol. The van der Waals surface area contributed by atoms with Gasteiger partial charge in [-0.15, -0.1) is 0 Å². The van der Waals surface area contributed by atoms with Crippen LogP contribution in [0.1, 0.15) is 76.8 Å². The zero-order valence-corrected chi connectivity index (χ0v) is 53.0. The van der Waals surface area contributed by atoms with E-state index in [0.29, 0.717) is 42.4 Å². The Morgan fingerprint density at radius 1 is 0.739 bits per heavy atom. The van der Waals surface area contributed by atoms with Crippen molar-refractivity contribution in [2.75, 3.05) is 44.7 Å². The fraction of sp³-hybridized carbons (Fsp3) is 0.288. The van der Waals surface area contributed by atoms with Gasteiger partial charge in [-0.3, -0.25) is 33.7 Å². The predicted molar refractivity (Wildman–Crippen MR) is 353 cm³/mol. The molecule has 5 amide bonds. The van der Waals surface area contributed by atoms with Crippen LogP contribution in [-0.4, -0.2) is 107 Å². The van der Waals surface area contributed by atoms with Crippen molar-refractivity contribution in [2.45, 2.75) is 71.1 Å². The molecular formula is C73H75N5O13S. The van der Waals surface area contributed by atoms with Crippen molar-refractivity contribution in [2.24, 2.45) is 23.7 Å². The van der Waals surface area contributed by atoms with Gasteiger partial charge in [0.1, 0.15) is 47.1 Å². The molecule has 2 aliphatic heterocycles. The number of carbonyl (C=O) groups excluding carboxylic acids is 6. The van der Waals surface area contributed by atoms with E-state index in [-0.39, 0.29) is 66.0 Å². The number of carboxylic acids is 1. The van der Waals surface area contributed by atoms with Gasteiger partial charge in [0, 0.05) is 47.1 Å². The third-order valence-corrected chi connectivity index (χ3v) is 16.8. The van der Waals surface area contributed by atoms with E-state index in [1.54, 1.807) is 73.5 Å². The highest BCUT2D eigenvalue weighted by atomic mass is 32.2. The quantitative estimate of drug-likeness (QED) is 0.0386. The summed E-state index contributed by atoms with van der Waals surface area (Å²) >= 11 is 1.61. The van der Waals surface area contributed by atoms with Gasteiger partial charge in [-0.1, -0.05) is 102 Å². The van der Waals surface area contributed by atoms with Gasteiger partial charge >= 0.3 is 12.0 Å². The molecule has 92 heavy (non-hydrogen) atoms. The number of nitrogens with zero attached hydrogens (tertiary/aromatic N) is 2. The van der Waals surface area contributed by atoms with Gasteiger partial charge in [0.05, 0.1) is 39.0 Å². The van der Waals surface area contributed by atoms with E-state index < -0.39 is 29.9 Å². The van der Waals surface area contributed by atoms with E-state index in [4.69, 9.17) is 23.5 Å². The summed E-state index contributed by atoms with van der Waals surface area (Å²) in [5.74, 6) is 1.46. The molecule has 19 heteroatoms. The summed E-state index contributed by atoms with van der Waals surface area (Å²) in [6, 6.07) is 51.7. The monoisotopic (exact) mass is 1260 g/mol. The molecule has 12 rings (SSSR count). The van der Waals surface area contributed by atoms with Crippen LogP contribution in [0.25, 0.3) is 22.0 Å². The Balaban J connectivity index is 0.000000148. The van der Waals surface area contributed by atoms with Gasteiger partial charge in [0.25, 0.3) is 17.7 Å². The molecule has 2 bridgehead atoms. The fourth-order valence-electron chi connectivity index (χ4n) is 11.7. The van der Waals surface area contributed by atoms with Crippen molar-refractivity contribution < 1.29 is 62.1 Å². The molecule has 2 fully saturated rings. The maximum Gasteiger partial charge on any atom is 0.325 e. The van der Waals surface area contributed by atoms with Crippen LogP contribution in [0, 0.1) is 23.7 Å². The molecule has 5 atom stereocenters. The van der Waals surface area contributed by atoms with Crippen molar-refractivity contribution in [1.29, 1.82) is 0 Å². The number of benzene rings is 7. The number of rotatable bonds is 21. The smallest absolute Gasteiger partial charge is 0.325 e. The third kappa shape index (κ3) is 17.1. The number of Topliss-reactive ketones (excluding diaryl/α,β-unsaturated/α-hetero) is 2. The fourth-order valence-corrected chi connectivity index (χ4v) is 12.2. The number of ether oxygens (including phenoxy) is 4. The van der Waals surface area contributed by atoms with Crippen LogP contribution in [0.2, 0.25) is 0 Å². The maximum atomic E-state index is 13.0. The minimum Gasteiger partial charge on any atom is -0.497 e. The highest BCUT2D eigenvalue weighted by Gasteiger charge is 2.51. The van der Waals surface area contributed by atoms with Crippen molar-refractivity contribution in [3.8, 4) is 34.3 Å². The number of hydrogen-bond donors (Lipinski definition) is 4. The average Bonchev–Trinajstić information content (AvgIpc) is 1.40. The summed E-state index contributed by atoms with van der Waals surface area (Å²) in [4.78, 5) is 86.3. The lowest BCUT2D eigenvalue weighted by Crippen LogP contribution is -2.49. The van der Waals surface area contributed by atoms with E-state index >= 15 is 0 Å². The number of aliphatic carboxylic acids is 1. The number of methoxy groups -OCH3 is 2. The number of allylic oxidation sites excluding steroid dienone is 2. The molecule has 1 aromatic heterocycles. The maximum absolute atomic E-state index is 13.0. The standard InChI is InChI=1S/C24H23NO5.C17H22N2O4S.C17H15NO3.C15H15NO/c1-30-20-12-14(7-10-18(20)25-23(27)15-5-3-2-4-6-15)11-19(26)21-16-8-9-17(13-16)22(21)24(28)29;1-3-23-14-6-4-12(5-7-14)10-13(20)11-19-16(21)15(8-9-24-2)18-17(19)22;1-19-14-9-7-13(8-10-14)17-11-16(21-18-17)12-20-15-5-3-2-4-6-15;1-15(2)9-13-11-6-4-3-5-10(11)7-8-12(13)14(17)16-15/h2-10,12,16-17,21-22H,11,13H2,1H3,(H,25,27)(H,28,29);4-7,15H,3,8-11H2,1-2H3,(H,18,22);2-11H,12H2,1H3;3-8H,9H2,1-2H3,(H,16,17). The lowest BCUT2D eigenvalue weighted by Gasteiger charge is -2.33. The van der Waals surface area contributed by atoms with Crippen molar-refractivity contribution in [3.05, 3.63) is 216 Å². The van der Waals surface area contributed by atoms with E-state index in [1.807, 2.05) is 128 Å². The number of carbonyl (C=O) groups is 7. The first-order chi connectivity index (χ1) is 44.4. The number of hydrogen-bond acceptors (Lipinski definition) is 14. The van der Waals surface area contributed by atoms with Crippen molar-refractivity contribution in [1.82, 2.24) is 20.7 Å². The van der Waals surface area contributed by atoms with Crippen LogP contribution in [0.3, 0.4) is 0 Å². The van der Waals surface area contributed by atoms with Crippen LogP contribution in [0.4, 0.5) is 10.5 Å². The van der Waals surface area contributed by atoms with E-state index in [2.05, 4.69) is 47.1 Å². The number of para-hydroxylation sites is 1. The number of imide groups is 1. The summed E-state index contributed by atoms with van der Waals surface area (Å²) in [5, 5.41) is 24.5. The van der Waals surface area contributed by atoms with Crippen LogP contribution in [-0.2, 0) is 45.0 Å². The zero-order valence-electron chi connectivity index (χ0n) is 52.2. The first-order valence-corrected chi connectivity index (χ1v) is 31.8. The van der Waals surface area contributed by atoms with Crippen molar-refractivity contribution in [3.63, 3.8) is 0 Å².